The van der Waals surface area contributed by atoms with Crippen LogP contribution in [-0.2, 0) is 20.9 Å². The molecule has 3 rings (SSSR count). The molecule has 0 spiro atoms. The molecule has 0 bridgehead atoms. The fourth-order valence-electron chi connectivity index (χ4n) is 3.52. The number of rotatable bonds is 6. The molecule has 1 aromatic carbocycles. The molecule has 0 aliphatic carbocycles. The third-order valence-electron chi connectivity index (χ3n) is 5.44. The Morgan fingerprint density at radius 1 is 1.07 bits per heavy atom. The smallest absolute Gasteiger partial charge is 0.237 e. The first kappa shape index (κ1) is 20.7. The van der Waals surface area contributed by atoms with Gasteiger partial charge in [0.1, 0.15) is 5.82 Å². The van der Waals surface area contributed by atoms with Gasteiger partial charge in [-0.1, -0.05) is 12.1 Å². The highest BCUT2D eigenvalue weighted by molar-refractivity contribution is 5.81. The van der Waals surface area contributed by atoms with Crippen LogP contribution in [0.5, 0.6) is 0 Å². The van der Waals surface area contributed by atoms with E-state index in [-0.39, 0.29) is 23.7 Å². The summed E-state index contributed by atoms with van der Waals surface area (Å²) in [5.74, 6) is -0.169. The number of hydrogen-bond acceptors (Lipinski definition) is 5. The zero-order valence-electron chi connectivity index (χ0n) is 16.4. The van der Waals surface area contributed by atoms with Gasteiger partial charge in [-0.05, 0) is 24.6 Å². The normalized spacial score (nSPS) is 20.0. The maximum absolute atomic E-state index is 12.9. The second-order valence-corrected chi connectivity index (χ2v) is 7.33. The molecule has 2 aliphatic heterocycles. The van der Waals surface area contributed by atoms with E-state index in [1.807, 2.05) is 11.8 Å². The molecule has 1 unspecified atom stereocenters. The molecule has 0 saturated carbocycles. The minimum absolute atomic E-state index is 0.0397. The lowest BCUT2D eigenvalue weighted by molar-refractivity contribution is -0.137. The standard InChI is InChI=1S/C20H29FN4O3/c1-16(20(27)22-14-17-2-4-18(21)5-3-17)24-8-6-23(7-9-24)15-19(26)25-10-12-28-13-11-25/h2-5,16H,6-15H2,1H3,(H,22,27). The first-order chi connectivity index (χ1) is 13.5. The van der Waals surface area contributed by atoms with E-state index in [2.05, 4.69) is 15.1 Å². The topological polar surface area (TPSA) is 65.1 Å². The van der Waals surface area contributed by atoms with Gasteiger partial charge in [0.25, 0.3) is 0 Å². The van der Waals surface area contributed by atoms with Crippen LogP contribution in [-0.4, -0.2) is 91.6 Å². The van der Waals surface area contributed by atoms with E-state index in [1.165, 1.54) is 12.1 Å². The van der Waals surface area contributed by atoms with E-state index in [4.69, 9.17) is 4.74 Å². The van der Waals surface area contributed by atoms with Crippen LogP contribution in [0.3, 0.4) is 0 Å². The van der Waals surface area contributed by atoms with E-state index < -0.39 is 0 Å². The summed E-state index contributed by atoms with van der Waals surface area (Å²) in [5, 5.41) is 2.91. The molecule has 2 amide bonds. The van der Waals surface area contributed by atoms with Crippen LogP contribution in [0.2, 0.25) is 0 Å². The molecule has 1 atom stereocenters. The quantitative estimate of drug-likeness (QED) is 0.755. The summed E-state index contributed by atoms with van der Waals surface area (Å²) in [7, 11) is 0. The van der Waals surface area contributed by atoms with Gasteiger partial charge in [-0.25, -0.2) is 4.39 Å². The number of ether oxygens (including phenoxy) is 1. The third kappa shape index (κ3) is 5.73. The van der Waals surface area contributed by atoms with Gasteiger partial charge in [-0.3, -0.25) is 19.4 Å². The molecule has 8 heteroatoms. The molecule has 28 heavy (non-hydrogen) atoms. The largest absolute Gasteiger partial charge is 0.378 e. The fourth-order valence-corrected chi connectivity index (χ4v) is 3.52. The van der Waals surface area contributed by atoms with Gasteiger partial charge in [0.15, 0.2) is 0 Å². The van der Waals surface area contributed by atoms with Crippen LogP contribution in [0.15, 0.2) is 24.3 Å². The van der Waals surface area contributed by atoms with Gasteiger partial charge in [0.2, 0.25) is 11.8 Å². The van der Waals surface area contributed by atoms with Gasteiger partial charge >= 0.3 is 0 Å². The lowest BCUT2D eigenvalue weighted by Crippen LogP contribution is -2.55. The van der Waals surface area contributed by atoms with Crippen LogP contribution >= 0.6 is 0 Å². The summed E-state index contributed by atoms with van der Waals surface area (Å²) in [6.07, 6.45) is 0. The maximum Gasteiger partial charge on any atom is 0.237 e. The molecular weight excluding hydrogens is 363 g/mol. The van der Waals surface area contributed by atoms with Crippen LogP contribution in [0.1, 0.15) is 12.5 Å². The van der Waals surface area contributed by atoms with Gasteiger partial charge in [0.05, 0.1) is 25.8 Å². The number of halogens is 1. The van der Waals surface area contributed by atoms with Crippen molar-refractivity contribution < 1.29 is 18.7 Å². The number of hydrogen-bond donors (Lipinski definition) is 1. The predicted octanol–water partition coefficient (Wildman–Crippen LogP) is 0.307. The van der Waals surface area contributed by atoms with Gasteiger partial charge in [0, 0.05) is 45.8 Å². The first-order valence-corrected chi connectivity index (χ1v) is 9.87. The van der Waals surface area contributed by atoms with E-state index >= 15 is 0 Å². The van der Waals surface area contributed by atoms with E-state index in [0.29, 0.717) is 39.4 Å². The number of piperazine rings is 1. The summed E-state index contributed by atoms with van der Waals surface area (Å²) in [6, 6.07) is 5.89. The Bertz CT molecular complexity index is 656. The molecule has 7 nitrogen and oxygen atoms in total. The maximum atomic E-state index is 12.9. The monoisotopic (exact) mass is 392 g/mol. The Balaban J connectivity index is 1.39. The molecule has 1 N–H and O–H groups in total. The van der Waals surface area contributed by atoms with Crippen molar-refractivity contribution in [1.29, 1.82) is 0 Å². The fraction of sp³-hybridized carbons (Fsp3) is 0.600. The number of carbonyl (C=O) groups is 2. The number of nitrogens with zero attached hydrogens (tertiary/aromatic N) is 3. The molecule has 2 aliphatic rings. The second kappa shape index (κ2) is 9.95. The lowest BCUT2D eigenvalue weighted by atomic mass is 10.2. The van der Waals surface area contributed by atoms with Crippen LogP contribution in [0, 0.1) is 5.82 Å². The van der Waals surface area contributed by atoms with Crippen molar-refractivity contribution in [3.8, 4) is 0 Å². The summed E-state index contributed by atoms with van der Waals surface area (Å²) in [4.78, 5) is 30.9. The summed E-state index contributed by atoms with van der Waals surface area (Å²) < 4.78 is 18.2. The van der Waals surface area contributed by atoms with E-state index in [0.717, 1.165) is 31.7 Å². The number of carbonyl (C=O) groups excluding carboxylic acids is 2. The highest BCUT2D eigenvalue weighted by Crippen LogP contribution is 2.09. The second-order valence-electron chi connectivity index (χ2n) is 7.33. The first-order valence-electron chi connectivity index (χ1n) is 9.87. The Morgan fingerprint density at radius 2 is 1.71 bits per heavy atom. The third-order valence-corrected chi connectivity index (χ3v) is 5.44. The number of amides is 2. The van der Waals surface area contributed by atoms with Crippen molar-refractivity contribution in [3.05, 3.63) is 35.6 Å². The molecule has 0 aromatic heterocycles. The van der Waals surface area contributed by atoms with Gasteiger partial charge in [-0.15, -0.1) is 0 Å². The Hall–Kier alpha value is -2.03. The van der Waals surface area contributed by atoms with Crippen molar-refractivity contribution in [1.82, 2.24) is 20.0 Å². The predicted molar refractivity (Wildman–Crippen MR) is 103 cm³/mol. The van der Waals surface area contributed by atoms with Crippen molar-refractivity contribution in [2.45, 2.75) is 19.5 Å². The summed E-state index contributed by atoms with van der Waals surface area (Å²) >= 11 is 0. The average molecular weight is 392 g/mol. The Morgan fingerprint density at radius 3 is 2.36 bits per heavy atom. The summed E-state index contributed by atoms with van der Waals surface area (Å²) in [6.45, 7) is 8.33. The highest BCUT2D eigenvalue weighted by Gasteiger charge is 2.27. The lowest BCUT2D eigenvalue weighted by Gasteiger charge is -2.38. The zero-order valence-corrected chi connectivity index (χ0v) is 16.4. The zero-order chi connectivity index (χ0) is 19.9. The minimum atomic E-state index is -0.284. The van der Waals surface area contributed by atoms with Crippen molar-refractivity contribution in [2.75, 3.05) is 59.0 Å². The van der Waals surface area contributed by atoms with Crippen LogP contribution < -0.4 is 5.32 Å². The molecule has 2 saturated heterocycles. The minimum Gasteiger partial charge on any atom is -0.378 e. The van der Waals surface area contributed by atoms with E-state index in [1.54, 1.807) is 12.1 Å². The van der Waals surface area contributed by atoms with E-state index in [9.17, 15) is 14.0 Å². The molecular formula is C20H29FN4O3. The highest BCUT2D eigenvalue weighted by atomic mass is 19.1. The SMILES string of the molecule is CC(C(=O)NCc1ccc(F)cc1)N1CCN(CC(=O)N2CCOCC2)CC1. The molecule has 2 fully saturated rings. The Kier molecular flexibility index (Phi) is 7.36. The average Bonchev–Trinajstić information content (AvgIpc) is 2.73. The van der Waals surface area contributed by atoms with Crippen LogP contribution in [0.25, 0.3) is 0 Å². The molecule has 154 valence electrons. The number of benzene rings is 1. The van der Waals surface area contributed by atoms with Crippen molar-refractivity contribution in [2.24, 2.45) is 0 Å². The van der Waals surface area contributed by atoms with Crippen molar-refractivity contribution >= 4 is 11.8 Å². The van der Waals surface area contributed by atoms with Crippen LogP contribution in [0.4, 0.5) is 4.39 Å². The van der Waals surface area contributed by atoms with Gasteiger partial charge in [-0.2, -0.15) is 0 Å². The molecule has 0 radical (unpaired) electrons. The summed E-state index contributed by atoms with van der Waals surface area (Å²) in [5.41, 5.74) is 0.869. The molecule has 1 aromatic rings. The van der Waals surface area contributed by atoms with Crippen molar-refractivity contribution in [3.63, 3.8) is 0 Å². The number of nitrogens with one attached hydrogen (secondary N) is 1. The van der Waals surface area contributed by atoms with Gasteiger partial charge < -0.3 is 15.0 Å². The number of morpholine rings is 1. The Labute approximate surface area is 165 Å². The molecule has 2 heterocycles.